The van der Waals surface area contributed by atoms with E-state index >= 15 is 0 Å². The zero-order valence-corrected chi connectivity index (χ0v) is 6.75. The molecule has 2 nitrogen and oxygen atoms in total. The third-order valence-corrected chi connectivity index (χ3v) is 1.79. The Balaban J connectivity index is 2.74. The van der Waals surface area contributed by atoms with Crippen LogP contribution in [0, 0.1) is 0 Å². The van der Waals surface area contributed by atoms with Crippen molar-refractivity contribution in [3.05, 3.63) is 35.9 Å². The third kappa shape index (κ3) is 2.03. The lowest BCUT2D eigenvalue weighted by molar-refractivity contribution is 0.606. The van der Waals surface area contributed by atoms with Crippen LogP contribution in [0.3, 0.4) is 0 Å². The van der Waals surface area contributed by atoms with Gasteiger partial charge in [0.1, 0.15) is 0 Å². The highest BCUT2D eigenvalue weighted by Gasteiger charge is 2.03. The summed E-state index contributed by atoms with van der Waals surface area (Å²) >= 11 is 0. The molecule has 1 aromatic rings. The largest absolute Gasteiger partial charge is 0.329 e. The molecule has 0 aliphatic heterocycles. The van der Waals surface area contributed by atoms with Gasteiger partial charge in [-0.3, -0.25) is 0 Å². The van der Waals surface area contributed by atoms with Crippen molar-refractivity contribution >= 4 is 0 Å². The molecular formula is C9H14N2. The standard InChI is InChI=1S/C9H14N2/c1-11-9(7-10)8-5-3-2-4-6-8/h2-6,9,11H,7,10H2,1H3. The summed E-state index contributed by atoms with van der Waals surface area (Å²) in [5.41, 5.74) is 6.80. The van der Waals surface area contributed by atoms with E-state index in [0.29, 0.717) is 6.54 Å². The first kappa shape index (κ1) is 8.24. The van der Waals surface area contributed by atoms with Gasteiger partial charge in [0.05, 0.1) is 0 Å². The monoisotopic (exact) mass is 150 g/mol. The maximum absolute atomic E-state index is 5.55. The topological polar surface area (TPSA) is 38.0 Å². The van der Waals surface area contributed by atoms with Gasteiger partial charge in [0.2, 0.25) is 0 Å². The fourth-order valence-electron chi connectivity index (χ4n) is 1.11. The second-order valence-corrected chi connectivity index (χ2v) is 2.49. The molecule has 0 spiro atoms. The van der Waals surface area contributed by atoms with E-state index in [9.17, 15) is 0 Å². The molecule has 0 aliphatic rings. The smallest absolute Gasteiger partial charge is 0.0442 e. The number of hydrogen-bond donors (Lipinski definition) is 2. The fourth-order valence-corrected chi connectivity index (χ4v) is 1.11. The minimum absolute atomic E-state index is 0.288. The maximum atomic E-state index is 5.55. The van der Waals surface area contributed by atoms with E-state index in [1.54, 1.807) is 0 Å². The van der Waals surface area contributed by atoms with Crippen LogP contribution < -0.4 is 11.1 Å². The van der Waals surface area contributed by atoms with Gasteiger partial charge in [0.15, 0.2) is 0 Å². The first-order valence-corrected chi connectivity index (χ1v) is 3.80. The highest BCUT2D eigenvalue weighted by atomic mass is 14.9. The molecule has 0 fully saturated rings. The van der Waals surface area contributed by atoms with E-state index < -0.39 is 0 Å². The summed E-state index contributed by atoms with van der Waals surface area (Å²) in [6, 6.07) is 10.5. The maximum Gasteiger partial charge on any atom is 0.0442 e. The molecule has 11 heavy (non-hydrogen) atoms. The molecule has 0 aromatic heterocycles. The summed E-state index contributed by atoms with van der Waals surface area (Å²) in [6.45, 7) is 0.639. The third-order valence-electron chi connectivity index (χ3n) is 1.79. The van der Waals surface area contributed by atoms with Crippen LogP contribution in [0.4, 0.5) is 0 Å². The Kier molecular flexibility index (Phi) is 3.08. The van der Waals surface area contributed by atoms with Gasteiger partial charge in [-0.25, -0.2) is 0 Å². The van der Waals surface area contributed by atoms with Crippen LogP contribution in [0.15, 0.2) is 30.3 Å². The number of benzene rings is 1. The fraction of sp³-hybridized carbons (Fsp3) is 0.333. The van der Waals surface area contributed by atoms with Crippen LogP contribution in [0.25, 0.3) is 0 Å². The van der Waals surface area contributed by atoms with Gasteiger partial charge in [0, 0.05) is 12.6 Å². The molecule has 1 unspecified atom stereocenters. The average Bonchev–Trinajstić information content (AvgIpc) is 2.09. The molecule has 0 amide bonds. The second kappa shape index (κ2) is 4.11. The molecule has 60 valence electrons. The predicted molar refractivity (Wildman–Crippen MR) is 47.3 cm³/mol. The Morgan fingerprint density at radius 3 is 2.45 bits per heavy atom. The zero-order valence-electron chi connectivity index (χ0n) is 6.75. The first-order chi connectivity index (χ1) is 5.38. The average molecular weight is 150 g/mol. The molecular weight excluding hydrogens is 136 g/mol. The molecule has 1 atom stereocenters. The van der Waals surface area contributed by atoms with Crippen molar-refractivity contribution in [3.8, 4) is 0 Å². The van der Waals surface area contributed by atoms with E-state index in [0.717, 1.165) is 0 Å². The highest BCUT2D eigenvalue weighted by Crippen LogP contribution is 2.08. The van der Waals surface area contributed by atoms with Crippen molar-refractivity contribution in [2.75, 3.05) is 13.6 Å². The SMILES string of the molecule is CNC(CN)c1ccccc1. The van der Waals surface area contributed by atoms with Crippen molar-refractivity contribution < 1.29 is 0 Å². The Hall–Kier alpha value is -0.860. The molecule has 2 heteroatoms. The number of rotatable bonds is 3. The molecule has 0 saturated heterocycles. The number of nitrogens with one attached hydrogen (secondary N) is 1. The molecule has 1 rings (SSSR count). The Morgan fingerprint density at radius 1 is 1.36 bits per heavy atom. The summed E-state index contributed by atoms with van der Waals surface area (Å²) in [5, 5.41) is 3.14. The molecule has 0 aliphatic carbocycles. The number of nitrogens with two attached hydrogens (primary N) is 1. The Bertz CT molecular complexity index is 192. The highest BCUT2D eigenvalue weighted by molar-refractivity contribution is 5.18. The van der Waals surface area contributed by atoms with Crippen LogP contribution in [0.5, 0.6) is 0 Å². The van der Waals surface area contributed by atoms with Gasteiger partial charge in [0.25, 0.3) is 0 Å². The summed E-state index contributed by atoms with van der Waals surface area (Å²) in [4.78, 5) is 0. The van der Waals surface area contributed by atoms with Gasteiger partial charge in [-0.2, -0.15) is 0 Å². The molecule has 0 bridgehead atoms. The summed E-state index contributed by atoms with van der Waals surface area (Å²) in [5.74, 6) is 0. The molecule has 3 N–H and O–H groups in total. The van der Waals surface area contributed by atoms with Crippen LogP contribution >= 0.6 is 0 Å². The normalized spacial score (nSPS) is 12.9. The van der Waals surface area contributed by atoms with E-state index in [2.05, 4.69) is 17.4 Å². The zero-order chi connectivity index (χ0) is 8.10. The summed E-state index contributed by atoms with van der Waals surface area (Å²) in [6.07, 6.45) is 0. The van der Waals surface area contributed by atoms with Crippen LogP contribution in [-0.4, -0.2) is 13.6 Å². The van der Waals surface area contributed by atoms with Crippen molar-refractivity contribution in [3.63, 3.8) is 0 Å². The quantitative estimate of drug-likeness (QED) is 0.672. The van der Waals surface area contributed by atoms with E-state index in [-0.39, 0.29) is 6.04 Å². The van der Waals surface area contributed by atoms with Gasteiger partial charge in [-0.1, -0.05) is 30.3 Å². The Labute approximate surface area is 67.4 Å². The summed E-state index contributed by atoms with van der Waals surface area (Å²) < 4.78 is 0. The lowest BCUT2D eigenvalue weighted by Gasteiger charge is -2.13. The Morgan fingerprint density at radius 2 is 2.00 bits per heavy atom. The lowest BCUT2D eigenvalue weighted by Crippen LogP contribution is -2.24. The van der Waals surface area contributed by atoms with E-state index in [1.165, 1.54) is 5.56 Å². The second-order valence-electron chi connectivity index (χ2n) is 2.49. The summed E-state index contributed by atoms with van der Waals surface area (Å²) in [7, 11) is 1.92. The molecule has 0 radical (unpaired) electrons. The minimum atomic E-state index is 0.288. The lowest BCUT2D eigenvalue weighted by atomic mass is 10.1. The van der Waals surface area contributed by atoms with Gasteiger partial charge in [-0.15, -0.1) is 0 Å². The molecule has 0 saturated carbocycles. The predicted octanol–water partition coefficient (Wildman–Crippen LogP) is 0.906. The number of likely N-dealkylation sites (N-methyl/N-ethyl adjacent to an activating group) is 1. The van der Waals surface area contributed by atoms with E-state index in [1.807, 2.05) is 25.2 Å². The van der Waals surface area contributed by atoms with Crippen LogP contribution in [0.1, 0.15) is 11.6 Å². The number of hydrogen-bond acceptors (Lipinski definition) is 2. The van der Waals surface area contributed by atoms with Gasteiger partial charge in [-0.05, 0) is 12.6 Å². The molecule has 1 aromatic carbocycles. The van der Waals surface area contributed by atoms with Crippen LogP contribution in [-0.2, 0) is 0 Å². The van der Waals surface area contributed by atoms with Gasteiger partial charge >= 0.3 is 0 Å². The minimum Gasteiger partial charge on any atom is -0.329 e. The van der Waals surface area contributed by atoms with Crippen molar-refractivity contribution in [2.45, 2.75) is 6.04 Å². The van der Waals surface area contributed by atoms with Gasteiger partial charge < -0.3 is 11.1 Å². The van der Waals surface area contributed by atoms with Crippen molar-refractivity contribution in [2.24, 2.45) is 5.73 Å². The molecule has 0 heterocycles. The van der Waals surface area contributed by atoms with Crippen molar-refractivity contribution in [1.29, 1.82) is 0 Å². The van der Waals surface area contributed by atoms with Crippen molar-refractivity contribution in [1.82, 2.24) is 5.32 Å². The van der Waals surface area contributed by atoms with E-state index in [4.69, 9.17) is 5.73 Å². The first-order valence-electron chi connectivity index (χ1n) is 3.80. The van der Waals surface area contributed by atoms with Crippen LogP contribution in [0.2, 0.25) is 0 Å².